The van der Waals surface area contributed by atoms with Crippen molar-refractivity contribution in [2.45, 2.75) is 0 Å². The second-order valence-electron chi connectivity index (χ2n) is 2.53. The van der Waals surface area contributed by atoms with Gasteiger partial charge in [0.05, 0.1) is 5.56 Å². The summed E-state index contributed by atoms with van der Waals surface area (Å²) in [4.78, 5) is 0. The van der Waals surface area contributed by atoms with E-state index in [4.69, 9.17) is 4.52 Å². The quantitative estimate of drug-likeness (QED) is 0.767. The van der Waals surface area contributed by atoms with Gasteiger partial charge in [-0.25, -0.2) is 4.39 Å². The summed E-state index contributed by atoms with van der Waals surface area (Å²) < 4.78 is 17.9. The topological polar surface area (TPSA) is 26.0 Å². The van der Waals surface area contributed by atoms with Gasteiger partial charge in [0, 0.05) is 0 Å². The van der Waals surface area contributed by atoms with Gasteiger partial charge in [-0.1, -0.05) is 17.3 Å². The minimum Gasteiger partial charge on any atom is -0.363 e. The number of benzene rings is 1. The molecule has 1 aromatic carbocycles. The Labute approximate surface area is 82.5 Å². The lowest BCUT2D eigenvalue weighted by Gasteiger charge is -1.95. The van der Waals surface area contributed by atoms with E-state index < -0.39 is 0 Å². The Morgan fingerprint density at radius 1 is 1.23 bits per heavy atom. The van der Waals surface area contributed by atoms with Crippen LogP contribution in [0.4, 0.5) is 4.39 Å². The Morgan fingerprint density at radius 3 is 2.46 bits per heavy atom. The molecule has 2 rings (SSSR count). The summed E-state index contributed by atoms with van der Waals surface area (Å²) in [6.07, 6.45) is 1.51. The van der Waals surface area contributed by atoms with Gasteiger partial charge in [0.1, 0.15) is 12.1 Å². The molecule has 0 amide bonds. The molecule has 2 aromatic rings. The standard InChI is InChI=1S/C9H5BrFNO/c10-9-8(5-13-12-9)6-1-3-7(11)4-2-6/h1-5H. The SMILES string of the molecule is Fc1ccc(-c2conc2Br)cc1. The molecule has 0 saturated carbocycles. The van der Waals surface area contributed by atoms with Crippen molar-refractivity contribution in [3.05, 3.63) is 40.9 Å². The first-order valence-electron chi connectivity index (χ1n) is 3.63. The van der Waals surface area contributed by atoms with Crippen LogP contribution >= 0.6 is 15.9 Å². The highest BCUT2D eigenvalue weighted by Gasteiger charge is 2.06. The summed E-state index contributed by atoms with van der Waals surface area (Å²) in [5, 5.41) is 3.66. The van der Waals surface area contributed by atoms with Crippen LogP contribution in [0.1, 0.15) is 0 Å². The highest BCUT2D eigenvalue weighted by atomic mass is 79.9. The van der Waals surface area contributed by atoms with Crippen LogP contribution in [-0.2, 0) is 0 Å². The molecular weight excluding hydrogens is 237 g/mol. The van der Waals surface area contributed by atoms with Crippen molar-refractivity contribution in [2.24, 2.45) is 0 Å². The molecule has 0 atom stereocenters. The van der Waals surface area contributed by atoms with Gasteiger partial charge in [0.2, 0.25) is 0 Å². The molecule has 0 aliphatic rings. The second kappa shape index (κ2) is 3.30. The number of nitrogens with zero attached hydrogens (tertiary/aromatic N) is 1. The Balaban J connectivity index is 2.47. The third-order valence-electron chi connectivity index (χ3n) is 1.68. The molecule has 0 bridgehead atoms. The second-order valence-corrected chi connectivity index (χ2v) is 3.28. The van der Waals surface area contributed by atoms with Gasteiger partial charge >= 0.3 is 0 Å². The van der Waals surface area contributed by atoms with E-state index in [1.807, 2.05) is 0 Å². The smallest absolute Gasteiger partial charge is 0.157 e. The highest BCUT2D eigenvalue weighted by Crippen LogP contribution is 2.26. The third kappa shape index (κ3) is 1.62. The molecule has 0 N–H and O–H groups in total. The Morgan fingerprint density at radius 2 is 1.92 bits per heavy atom. The molecule has 0 saturated heterocycles. The van der Waals surface area contributed by atoms with E-state index in [1.54, 1.807) is 12.1 Å². The van der Waals surface area contributed by atoms with E-state index in [0.717, 1.165) is 11.1 Å². The maximum atomic E-state index is 12.6. The van der Waals surface area contributed by atoms with Crippen molar-refractivity contribution in [1.82, 2.24) is 5.16 Å². The molecule has 4 heteroatoms. The van der Waals surface area contributed by atoms with E-state index in [9.17, 15) is 4.39 Å². The molecule has 1 heterocycles. The first kappa shape index (κ1) is 8.44. The van der Waals surface area contributed by atoms with Gasteiger partial charge in [0.15, 0.2) is 4.60 Å². The zero-order valence-electron chi connectivity index (χ0n) is 6.50. The van der Waals surface area contributed by atoms with Crippen molar-refractivity contribution in [3.8, 4) is 11.1 Å². The van der Waals surface area contributed by atoms with Crippen LogP contribution in [0, 0.1) is 5.82 Å². The lowest BCUT2D eigenvalue weighted by molar-refractivity contribution is 0.416. The third-order valence-corrected chi connectivity index (χ3v) is 2.25. The molecular formula is C9H5BrFNO. The van der Waals surface area contributed by atoms with Crippen LogP contribution in [0.2, 0.25) is 0 Å². The van der Waals surface area contributed by atoms with Gasteiger partial charge in [-0.2, -0.15) is 0 Å². The van der Waals surface area contributed by atoms with Crippen LogP contribution in [-0.4, -0.2) is 5.16 Å². The summed E-state index contributed by atoms with van der Waals surface area (Å²) in [6.45, 7) is 0. The largest absolute Gasteiger partial charge is 0.363 e. The first-order valence-corrected chi connectivity index (χ1v) is 4.42. The molecule has 0 spiro atoms. The lowest BCUT2D eigenvalue weighted by atomic mass is 10.1. The Hall–Kier alpha value is -1.16. The summed E-state index contributed by atoms with van der Waals surface area (Å²) in [5.41, 5.74) is 1.69. The van der Waals surface area contributed by atoms with Crippen LogP contribution < -0.4 is 0 Å². The fourth-order valence-electron chi connectivity index (χ4n) is 1.04. The molecule has 0 radical (unpaired) electrons. The fraction of sp³-hybridized carbons (Fsp3) is 0. The maximum Gasteiger partial charge on any atom is 0.157 e. The molecule has 0 aliphatic heterocycles. The number of hydrogen-bond donors (Lipinski definition) is 0. The molecule has 2 nitrogen and oxygen atoms in total. The average Bonchev–Trinajstić information content (AvgIpc) is 2.53. The van der Waals surface area contributed by atoms with Crippen molar-refractivity contribution >= 4 is 15.9 Å². The predicted molar refractivity (Wildman–Crippen MR) is 49.6 cm³/mol. The molecule has 0 fully saturated rings. The van der Waals surface area contributed by atoms with Gasteiger partial charge in [-0.15, -0.1) is 0 Å². The Kier molecular flexibility index (Phi) is 2.14. The van der Waals surface area contributed by atoms with Crippen LogP contribution in [0.3, 0.4) is 0 Å². The normalized spacial score (nSPS) is 10.3. The van der Waals surface area contributed by atoms with E-state index in [0.29, 0.717) is 4.60 Å². The molecule has 13 heavy (non-hydrogen) atoms. The monoisotopic (exact) mass is 241 g/mol. The van der Waals surface area contributed by atoms with Gasteiger partial charge in [-0.05, 0) is 33.6 Å². The van der Waals surface area contributed by atoms with Crippen LogP contribution in [0.5, 0.6) is 0 Å². The van der Waals surface area contributed by atoms with Crippen LogP contribution in [0.25, 0.3) is 11.1 Å². The van der Waals surface area contributed by atoms with Gasteiger partial charge < -0.3 is 4.52 Å². The first-order chi connectivity index (χ1) is 6.27. The summed E-state index contributed by atoms with van der Waals surface area (Å²) in [6, 6.07) is 6.14. The lowest BCUT2D eigenvalue weighted by Crippen LogP contribution is -1.76. The van der Waals surface area contributed by atoms with Crippen molar-refractivity contribution < 1.29 is 8.91 Å². The van der Waals surface area contributed by atoms with Crippen molar-refractivity contribution in [2.75, 3.05) is 0 Å². The predicted octanol–water partition coefficient (Wildman–Crippen LogP) is 3.24. The van der Waals surface area contributed by atoms with Gasteiger partial charge in [-0.3, -0.25) is 0 Å². The molecule has 66 valence electrons. The molecule has 1 aromatic heterocycles. The zero-order valence-corrected chi connectivity index (χ0v) is 8.08. The Bertz CT molecular complexity index is 410. The van der Waals surface area contributed by atoms with E-state index in [1.165, 1.54) is 18.4 Å². The summed E-state index contributed by atoms with van der Waals surface area (Å²) in [7, 11) is 0. The average molecular weight is 242 g/mol. The minimum absolute atomic E-state index is 0.253. The maximum absolute atomic E-state index is 12.6. The van der Waals surface area contributed by atoms with Crippen molar-refractivity contribution in [1.29, 1.82) is 0 Å². The molecule has 0 aliphatic carbocycles. The summed E-state index contributed by atoms with van der Waals surface area (Å²) in [5.74, 6) is -0.253. The highest BCUT2D eigenvalue weighted by molar-refractivity contribution is 9.10. The zero-order chi connectivity index (χ0) is 9.26. The number of rotatable bonds is 1. The van der Waals surface area contributed by atoms with E-state index >= 15 is 0 Å². The minimum atomic E-state index is -0.253. The van der Waals surface area contributed by atoms with E-state index in [-0.39, 0.29) is 5.82 Å². The fourth-order valence-corrected chi connectivity index (χ4v) is 1.45. The van der Waals surface area contributed by atoms with Crippen LogP contribution in [0.15, 0.2) is 39.7 Å². The number of halogens is 2. The molecule has 0 unspecified atom stereocenters. The van der Waals surface area contributed by atoms with E-state index in [2.05, 4.69) is 21.1 Å². The number of hydrogen-bond acceptors (Lipinski definition) is 2. The van der Waals surface area contributed by atoms with Crippen molar-refractivity contribution in [3.63, 3.8) is 0 Å². The van der Waals surface area contributed by atoms with Gasteiger partial charge in [0.25, 0.3) is 0 Å². The summed E-state index contributed by atoms with van der Waals surface area (Å²) >= 11 is 3.22. The number of aromatic nitrogens is 1.